The van der Waals surface area contributed by atoms with Crippen molar-refractivity contribution >= 4 is 72.3 Å². The zero-order valence-corrected chi connectivity index (χ0v) is 40.3. The highest BCUT2D eigenvalue weighted by Crippen LogP contribution is 2.41. The average Bonchev–Trinajstić information content (AvgIpc) is 3.97. The Morgan fingerprint density at radius 1 is 0.338 bits per heavy atom. The molecule has 13 rings (SSSR count). The van der Waals surface area contributed by atoms with E-state index >= 15 is 0 Å². The summed E-state index contributed by atoms with van der Waals surface area (Å²) in [6, 6.07) is 98.2. The lowest BCUT2D eigenvalue weighted by atomic mass is 9.98. The highest BCUT2D eigenvalue weighted by molar-refractivity contribution is 6.17. The second-order valence-electron chi connectivity index (χ2n) is 18.5. The average molecular weight is 949 g/mol. The maximum absolute atomic E-state index is 9.07. The van der Waals surface area contributed by atoms with Crippen LogP contribution in [0.25, 0.3) is 82.7 Å². The van der Waals surface area contributed by atoms with Gasteiger partial charge >= 0.3 is 0 Å². The summed E-state index contributed by atoms with van der Waals surface area (Å²) in [5, 5.41) is 13.6. The van der Waals surface area contributed by atoms with Crippen LogP contribution in [0, 0.1) is 5.41 Å². The number of amidine groups is 2. The van der Waals surface area contributed by atoms with Gasteiger partial charge < -0.3 is 9.47 Å². The number of anilines is 3. The van der Waals surface area contributed by atoms with E-state index in [1.165, 1.54) is 21.9 Å². The normalized spacial score (nSPS) is 11.6. The second-order valence-corrected chi connectivity index (χ2v) is 18.5. The molecule has 0 aliphatic carbocycles. The van der Waals surface area contributed by atoms with Crippen molar-refractivity contribution in [1.29, 1.82) is 5.41 Å². The van der Waals surface area contributed by atoms with Crippen LogP contribution in [0.5, 0.6) is 0 Å². The van der Waals surface area contributed by atoms with Gasteiger partial charge in [-0.2, -0.15) is 0 Å². The fourth-order valence-corrected chi connectivity index (χ4v) is 10.4. The molecule has 2 N–H and O–H groups in total. The monoisotopic (exact) mass is 948 g/mol. The molecule has 6 heteroatoms. The molecule has 2 heterocycles. The molecular formula is C68H48N6. The smallest absolute Gasteiger partial charge is 0.154 e. The van der Waals surface area contributed by atoms with Gasteiger partial charge in [0, 0.05) is 55.4 Å². The molecule has 0 saturated heterocycles. The van der Waals surface area contributed by atoms with Gasteiger partial charge in [0.2, 0.25) is 0 Å². The van der Waals surface area contributed by atoms with Gasteiger partial charge in [-0.05, 0) is 130 Å². The minimum absolute atomic E-state index is 0.175. The standard InChI is InChI=1S/C68H48N6/c69-67(49-23-11-3-12-24-49)70-68(50-25-13-4-14-26-50)71-74-65-41-33-52(48-21-9-2-10-22-48)44-61(65)62-46-54(34-42-66(62)74)53-32-40-64-60(45-53)59-43-51(47-19-7-1-8-20-47)31-39-63(59)73(64)58-37-35-57(36-38-58)72(55-27-15-5-16-28-55)56-29-17-6-18-30-56/h1-46H,(H2,69,70,71). The predicted molar refractivity (Wildman–Crippen MR) is 310 cm³/mol. The molecule has 0 fully saturated rings. The van der Waals surface area contributed by atoms with Gasteiger partial charge in [0.25, 0.3) is 0 Å². The summed E-state index contributed by atoms with van der Waals surface area (Å²) in [4.78, 5) is 7.24. The van der Waals surface area contributed by atoms with Crippen LogP contribution in [-0.4, -0.2) is 20.9 Å². The zero-order valence-electron chi connectivity index (χ0n) is 40.3. The van der Waals surface area contributed by atoms with Crippen LogP contribution in [0.3, 0.4) is 0 Å². The van der Waals surface area contributed by atoms with E-state index in [1.807, 2.05) is 60.7 Å². The number of hydrogen-bond donors (Lipinski definition) is 2. The lowest BCUT2D eigenvalue weighted by Crippen LogP contribution is -2.25. The van der Waals surface area contributed by atoms with Crippen LogP contribution in [0.1, 0.15) is 11.1 Å². The molecule has 11 aromatic carbocycles. The molecule has 350 valence electrons. The third-order valence-corrected chi connectivity index (χ3v) is 14.0. The second kappa shape index (κ2) is 18.9. The third-order valence-electron chi connectivity index (χ3n) is 14.0. The Morgan fingerprint density at radius 2 is 0.689 bits per heavy atom. The lowest BCUT2D eigenvalue weighted by Gasteiger charge is -2.25. The summed E-state index contributed by atoms with van der Waals surface area (Å²) >= 11 is 0. The molecule has 0 aliphatic rings. The Bertz CT molecular complexity index is 4150. The van der Waals surface area contributed by atoms with Crippen molar-refractivity contribution in [3.63, 3.8) is 0 Å². The molecule has 74 heavy (non-hydrogen) atoms. The Hall–Kier alpha value is -10.0. The van der Waals surface area contributed by atoms with Crippen molar-refractivity contribution in [3.8, 4) is 39.1 Å². The van der Waals surface area contributed by atoms with Gasteiger partial charge in [-0.25, -0.2) is 4.99 Å². The number of nitrogens with one attached hydrogen (secondary N) is 2. The van der Waals surface area contributed by atoms with Crippen molar-refractivity contribution in [2.75, 3.05) is 10.3 Å². The molecular weight excluding hydrogens is 901 g/mol. The quantitative estimate of drug-likeness (QED) is 0.106. The molecule has 6 nitrogen and oxygen atoms in total. The summed E-state index contributed by atoms with van der Waals surface area (Å²) in [6.45, 7) is 0. The van der Waals surface area contributed by atoms with Crippen molar-refractivity contribution in [1.82, 2.24) is 9.24 Å². The van der Waals surface area contributed by atoms with Gasteiger partial charge in [-0.3, -0.25) is 15.5 Å². The molecule has 0 spiro atoms. The summed E-state index contributed by atoms with van der Waals surface area (Å²) in [7, 11) is 0. The van der Waals surface area contributed by atoms with E-state index in [2.05, 4.69) is 238 Å². The lowest BCUT2D eigenvalue weighted by molar-refractivity contribution is 1.08. The zero-order chi connectivity index (χ0) is 49.4. The first kappa shape index (κ1) is 43.9. The number of rotatable bonds is 10. The number of aliphatic imine (C=N–C) groups is 1. The van der Waals surface area contributed by atoms with E-state index in [-0.39, 0.29) is 5.84 Å². The molecule has 0 aliphatic heterocycles. The van der Waals surface area contributed by atoms with Gasteiger partial charge in [0.15, 0.2) is 11.7 Å². The van der Waals surface area contributed by atoms with E-state index in [0.717, 1.165) is 89.0 Å². The van der Waals surface area contributed by atoms with Crippen molar-refractivity contribution in [2.45, 2.75) is 0 Å². The summed E-state index contributed by atoms with van der Waals surface area (Å²) in [5.41, 5.74) is 20.8. The number of hydrogen-bond acceptors (Lipinski definition) is 2. The van der Waals surface area contributed by atoms with Gasteiger partial charge in [-0.1, -0.05) is 182 Å². The maximum Gasteiger partial charge on any atom is 0.154 e. The van der Waals surface area contributed by atoms with Crippen LogP contribution in [0.2, 0.25) is 0 Å². The molecule has 0 radical (unpaired) electrons. The summed E-state index contributed by atoms with van der Waals surface area (Å²) < 4.78 is 4.53. The van der Waals surface area contributed by atoms with Gasteiger partial charge in [0.1, 0.15) is 0 Å². The summed E-state index contributed by atoms with van der Waals surface area (Å²) in [6.07, 6.45) is 0. The molecule has 0 saturated carbocycles. The van der Waals surface area contributed by atoms with Crippen LogP contribution >= 0.6 is 0 Å². The van der Waals surface area contributed by atoms with Crippen LogP contribution in [-0.2, 0) is 0 Å². The van der Waals surface area contributed by atoms with E-state index in [9.17, 15) is 0 Å². The first-order valence-electron chi connectivity index (χ1n) is 24.9. The molecule has 0 amide bonds. The molecule has 0 unspecified atom stereocenters. The first-order valence-corrected chi connectivity index (χ1v) is 24.9. The molecule has 0 bridgehead atoms. The fourth-order valence-electron chi connectivity index (χ4n) is 10.4. The topological polar surface area (TPSA) is 61.3 Å². The van der Waals surface area contributed by atoms with Crippen molar-refractivity contribution in [3.05, 3.63) is 290 Å². The summed E-state index contributed by atoms with van der Waals surface area (Å²) in [5.74, 6) is 0.749. The van der Waals surface area contributed by atoms with E-state index < -0.39 is 0 Å². The van der Waals surface area contributed by atoms with Crippen LogP contribution in [0.4, 0.5) is 17.1 Å². The van der Waals surface area contributed by atoms with E-state index in [4.69, 9.17) is 10.4 Å². The van der Waals surface area contributed by atoms with Gasteiger partial charge in [0.05, 0.1) is 22.1 Å². The molecule has 0 atom stereocenters. The molecule has 2 aromatic heterocycles. The molecule has 13 aromatic rings. The Balaban J connectivity index is 0.960. The number of aromatic nitrogens is 2. The minimum atomic E-state index is 0.175. The van der Waals surface area contributed by atoms with Crippen molar-refractivity contribution in [2.24, 2.45) is 4.99 Å². The number of para-hydroxylation sites is 2. The fraction of sp³-hybridized carbons (Fsp3) is 0. The SMILES string of the molecule is N=C(N=C(Nn1c2ccc(-c3ccccc3)cc2c2cc(-c3ccc4c(c3)c3cc(-c5ccccc5)ccc3n4-c3ccc(N(c4ccccc4)c4ccccc4)cc3)ccc21)c1ccccc1)c1ccccc1. The van der Waals surface area contributed by atoms with Gasteiger partial charge in [-0.15, -0.1) is 0 Å². The largest absolute Gasteiger partial charge is 0.311 e. The number of benzene rings is 11. The predicted octanol–water partition coefficient (Wildman–Crippen LogP) is 17.4. The van der Waals surface area contributed by atoms with E-state index in [1.54, 1.807) is 0 Å². The maximum atomic E-state index is 9.07. The first-order chi connectivity index (χ1) is 36.6. The Morgan fingerprint density at radius 3 is 1.14 bits per heavy atom. The third kappa shape index (κ3) is 8.16. The highest BCUT2D eigenvalue weighted by atomic mass is 15.4. The number of nitrogens with zero attached hydrogens (tertiary/aromatic N) is 4. The van der Waals surface area contributed by atoms with Crippen LogP contribution in [0.15, 0.2) is 284 Å². The van der Waals surface area contributed by atoms with E-state index in [0.29, 0.717) is 5.84 Å². The Labute approximate surface area is 429 Å². The minimum Gasteiger partial charge on any atom is -0.311 e. The highest BCUT2D eigenvalue weighted by Gasteiger charge is 2.20. The van der Waals surface area contributed by atoms with Crippen molar-refractivity contribution < 1.29 is 0 Å². The van der Waals surface area contributed by atoms with Crippen LogP contribution < -0.4 is 10.3 Å². The Kier molecular flexibility index (Phi) is 11.2. The number of fused-ring (bicyclic) bond motifs is 6.